The first kappa shape index (κ1) is 25.3. The van der Waals surface area contributed by atoms with Crippen molar-refractivity contribution in [3.63, 3.8) is 0 Å². The van der Waals surface area contributed by atoms with Gasteiger partial charge in [0.15, 0.2) is 0 Å². The summed E-state index contributed by atoms with van der Waals surface area (Å²) in [6.45, 7) is 20.8. The van der Waals surface area contributed by atoms with Gasteiger partial charge < -0.3 is 4.42 Å². The lowest BCUT2D eigenvalue weighted by Gasteiger charge is -2.29. The van der Waals surface area contributed by atoms with E-state index in [0.29, 0.717) is 0 Å². The Hall–Kier alpha value is -3.32. The maximum absolute atomic E-state index is 6.50. The van der Waals surface area contributed by atoms with Gasteiger partial charge in [0, 0.05) is 10.8 Å². The van der Waals surface area contributed by atoms with Crippen LogP contribution in [0.4, 0.5) is 0 Å². The predicted molar refractivity (Wildman–Crippen MR) is 161 cm³/mol. The lowest BCUT2D eigenvalue weighted by atomic mass is 9.75. The van der Waals surface area contributed by atoms with Crippen LogP contribution in [-0.2, 0) is 16.2 Å². The second kappa shape index (κ2) is 8.62. The Kier molecular flexibility index (Phi) is 5.90. The average Bonchev–Trinajstić information content (AvgIpc) is 3.20. The van der Waals surface area contributed by atoms with Crippen molar-refractivity contribution in [3.05, 3.63) is 95.6 Å². The molecule has 5 aromatic rings. The summed E-state index contributed by atoms with van der Waals surface area (Å²) in [5, 5.41) is 2.44. The number of fused-ring (bicyclic) bond motifs is 3. The minimum absolute atomic E-state index is 0.0603. The molecule has 0 aliphatic rings. The van der Waals surface area contributed by atoms with E-state index >= 15 is 0 Å². The molecular formula is C36H40O. The highest BCUT2D eigenvalue weighted by Crippen LogP contribution is 2.46. The molecule has 0 bridgehead atoms. The van der Waals surface area contributed by atoms with E-state index in [1.54, 1.807) is 0 Å². The molecule has 5 rings (SSSR count). The Morgan fingerprint density at radius 3 is 1.62 bits per heavy atom. The van der Waals surface area contributed by atoms with Crippen LogP contribution < -0.4 is 0 Å². The largest absolute Gasteiger partial charge is 0.456 e. The standard InChI is InChI=1S/C36H40O/c1-34(2,3)25-20-24(21-26(22-25)35(4,5)6)28-18-19-30-32(33(28)36(7,8)9)31-27(16-13-17-29(31)37-30)23-14-11-10-12-15-23/h10-22H,1-9H3. The number of hydrogen-bond acceptors (Lipinski definition) is 1. The fourth-order valence-electron chi connectivity index (χ4n) is 5.44. The molecule has 0 amide bonds. The molecule has 0 aliphatic carbocycles. The van der Waals surface area contributed by atoms with E-state index in [1.165, 1.54) is 49.7 Å². The van der Waals surface area contributed by atoms with E-state index in [1.807, 2.05) is 0 Å². The van der Waals surface area contributed by atoms with Crippen LogP contribution in [0.3, 0.4) is 0 Å². The van der Waals surface area contributed by atoms with Crippen LogP contribution in [0.15, 0.2) is 83.3 Å². The first-order chi connectivity index (χ1) is 17.2. The molecule has 0 fully saturated rings. The van der Waals surface area contributed by atoms with Gasteiger partial charge in [-0.3, -0.25) is 0 Å². The molecule has 0 aliphatic heterocycles. The molecule has 0 spiro atoms. The van der Waals surface area contributed by atoms with Gasteiger partial charge in [-0.25, -0.2) is 0 Å². The number of furan rings is 1. The molecule has 0 N–H and O–H groups in total. The van der Waals surface area contributed by atoms with Crippen molar-refractivity contribution in [2.24, 2.45) is 0 Å². The van der Waals surface area contributed by atoms with E-state index in [9.17, 15) is 0 Å². The molecule has 0 saturated heterocycles. The van der Waals surface area contributed by atoms with Crippen molar-refractivity contribution in [3.8, 4) is 22.3 Å². The second-order valence-corrected chi connectivity index (χ2v) is 13.6. The molecule has 1 nitrogen and oxygen atoms in total. The van der Waals surface area contributed by atoms with Gasteiger partial charge >= 0.3 is 0 Å². The van der Waals surface area contributed by atoms with Crippen LogP contribution >= 0.6 is 0 Å². The maximum Gasteiger partial charge on any atom is 0.136 e. The molecule has 0 atom stereocenters. The summed E-state index contributed by atoms with van der Waals surface area (Å²) in [5.74, 6) is 0. The molecule has 0 saturated carbocycles. The molecule has 0 unspecified atom stereocenters. The van der Waals surface area contributed by atoms with E-state index in [2.05, 4.69) is 141 Å². The molecule has 37 heavy (non-hydrogen) atoms. The Morgan fingerprint density at radius 1 is 0.459 bits per heavy atom. The van der Waals surface area contributed by atoms with Crippen molar-refractivity contribution in [2.45, 2.75) is 78.6 Å². The highest BCUT2D eigenvalue weighted by molar-refractivity contribution is 6.15. The first-order valence-electron chi connectivity index (χ1n) is 13.5. The summed E-state index contributed by atoms with van der Waals surface area (Å²) in [6.07, 6.45) is 0. The monoisotopic (exact) mass is 488 g/mol. The van der Waals surface area contributed by atoms with Crippen LogP contribution in [0.25, 0.3) is 44.2 Å². The third-order valence-corrected chi connectivity index (χ3v) is 7.47. The summed E-state index contributed by atoms with van der Waals surface area (Å²) in [4.78, 5) is 0. The van der Waals surface area contributed by atoms with Gasteiger partial charge in [0.25, 0.3) is 0 Å². The molecule has 0 radical (unpaired) electrons. The Balaban J connectivity index is 1.92. The van der Waals surface area contributed by atoms with Gasteiger partial charge in [-0.2, -0.15) is 0 Å². The summed E-state index contributed by atoms with van der Waals surface area (Å²) < 4.78 is 6.50. The zero-order valence-electron chi connectivity index (χ0n) is 23.9. The Bertz CT molecular complexity index is 1560. The summed E-state index contributed by atoms with van der Waals surface area (Å²) in [6, 6.07) is 28.8. The molecule has 1 heterocycles. The van der Waals surface area contributed by atoms with Crippen molar-refractivity contribution < 1.29 is 4.42 Å². The summed E-state index contributed by atoms with van der Waals surface area (Å²) >= 11 is 0. The van der Waals surface area contributed by atoms with E-state index < -0.39 is 0 Å². The number of benzene rings is 4. The van der Waals surface area contributed by atoms with Crippen LogP contribution in [-0.4, -0.2) is 0 Å². The van der Waals surface area contributed by atoms with Crippen molar-refractivity contribution in [2.75, 3.05) is 0 Å². The SMILES string of the molecule is CC(C)(C)c1cc(-c2ccc3oc4cccc(-c5ccccc5)c4c3c2C(C)(C)C)cc(C(C)(C)C)c1. The highest BCUT2D eigenvalue weighted by atomic mass is 16.3. The highest BCUT2D eigenvalue weighted by Gasteiger charge is 2.28. The molecule has 1 heteroatoms. The second-order valence-electron chi connectivity index (χ2n) is 13.6. The summed E-state index contributed by atoms with van der Waals surface area (Å²) in [5.41, 5.74) is 11.0. The van der Waals surface area contributed by atoms with Crippen molar-refractivity contribution in [1.82, 2.24) is 0 Å². The van der Waals surface area contributed by atoms with Crippen LogP contribution in [0, 0.1) is 0 Å². The van der Waals surface area contributed by atoms with Crippen LogP contribution in [0.5, 0.6) is 0 Å². The van der Waals surface area contributed by atoms with E-state index in [4.69, 9.17) is 4.42 Å². The molecule has 190 valence electrons. The first-order valence-corrected chi connectivity index (χ1v) is 13.5. The zero-order chi connectivity index (χ0) is 26.8. The Morgan fingerprint density at radius 2 is 1.05 bits per heavy atom. The normalized spacial score (nSPS) is 13.0. The fraction of sp³-hybridized carbons (Fsp3) is 0.333. The van der Waals surface area contributed by atoms with E-state index in [-0.39, 0.29) is 16.2 Å². The van der Waals surface area contributed by atoms with E-state index in [0.717, 1.165) is 11.2 Å². The van der Waals surface area contributed by atoms with Crippen molar-refractivity contribution in [1.29, 1.82) is 0 Å². The minimum atomic E-state index is -0.0882. The lowest BCUT2D eigenvalue weighted by molar-refractivity contribution is 0.568. The van der Waals surface area contributed by atoms with Gasteiger partial charge in [-0.05, 0) is 67.3 Å². The van der Waals surface area contributed by atoms with Gasteiger partial charge in [0.05, 0.1) is 0 Å². The lowest BCUT2D eigenvalue weighted by Crippen LogP contribution is -2.17. The third-order valence-electron chi connectivity index (χ3n) is 7.47. The van der Waals surface area contributed by atoms with Crippen molar-refractivity contribution >= 4 is 21.9 Å². The van der Waals surface area contributed by atoms with Gasteiger partial charge in [-0.1, -0.05) is 129 Å². The van der Waals surface area contributed by atoms with Gasteiger partial charge in [-0.15, -0.1) is 0 Å². The van der Waals surface area contributed by atoms with Gasteiger partial charge in [0.1, 0.15) is 11.2 Å². The topological polar surface area (TPSA) is 13.1 Å². The Labute approximate surface area is 222 Å². The third kappa shape index (κ3) is 4.61. The average molecular weight is 489 g/mol. The van der Waals surface area contributed by atoms with Crippen LogP contribution in [0.2, 0.25) is 0 Å². The fourth-order valence-corrected chi connectivity index (χ4v) is 5.44. The van der Waals surface area contributed by atoms with Crippen LogP contribution in [0.1, 0.15) is 79.0 Å². The number of rotatable bonds is 2. The maximum atomic E-state index is 6.50. The molecule has 1 aromatic heterocycles. The zero-order valence-corrected chi connectivity index (χ0v) is 23.9. The summed E-state index contributed by atoms with van der Waals surface area (Å²) in [7, 11) is 0. The number of hydrogen-bond donors (Lipinski definition) is 0. The quantitative estimate of drug-likeness (QED) is 0.241. The predicted octanol–water partition coefficient (Wildman–Crippen LogP) is 10.8. The molecular weight excluding hydrogens is 448 g/mol. The smallest absolute Gasteiger partial charge is 0.136 e. The minimum Gasteiger partial charge on any atom is -0.456 e. The molecule has 4 aromatic carbocycles. The van der Waals surface area contributed by atoms with Gasteiger partial charge in [0.2, 0.25) is 0 Å².